The summed E-state index contributed by atoms with van der Waals surface area (Å²) in [6.07, 6.45) is 3.86. The molecule has 0 spiro atoms. The van der Waals surface area contributed by atoms with Crippen LogP contribution in [0.1, 0.15) is 29.8 Å². The first-order valence-electron chi connectivity index (χ1n) is 9.18. The van der Waals surface area contributed by atoms with Crippen molar-refractivity contribution in [2.75, 3.05) is 26.2 Å². The molecule has 0 bridgehead atoms. The van der Waals surface area contributed by atoms with E-state index in [9.17, 15) is 9.59 Å². The Morgan fingerprint density at radius 3 is 3.00 bits per heavy atom. The van der Waals surface area contributed by atoms with Crippen LogP contribution in [0.3, 0.4) is 0 Å². The van der Waals surface area contributed by atoms with E-state index in [1.807, 2.05) is 28.0 Å². The summed E-state index contributed by atoms with van der Waals surface area (Å²) in [5.41, 5.74) is 6.69. The molecule has 2 N–H and O–H groups in total. The predicted molar refractivity (Wildman–Crippen MR) is 97.3 cm³/mol. The van der Waals surface area contributed by atoms with Gasteiger partial charge in [0.25, 0.3) is 5.91 Å². The molecule has 4 heterocycles. The third-order valence-corrected chi connectivity index (χ3v) is 5.48. The molecule has 2 saturated heterocycles. The molecule has 4 rings (SSSR count). The first kappa shape index (κ1) is 16.9. The van der Waals surface area contributed by atoms with Gasteiger partial charge in [0.2, 0.25) is 5.91 Å². The van der Waals surface area contributed by atoms with Crippen LogP contribution in [-0.2, 0) is 4.79 Å². The molecule has 0 aliphatic carbocycles. The number of nitrogens with two attached hydrogens (primary N) is 1. The Labute approximate surface area is 152 Å². The van der Waals surface area contributed by atoms with Gasteiger partial charge in [-0.05, 0) is 43.0 Å². The topological polar surface area (TPSA) is 92.4 Å². The lowest BCUT2D eigenvalue weighted by Gasteiger charge is -2.47. The highest BCUT2D eigenvalue weighted by molar-refractivity contribution is 5.94. The lowest BCUT2D eigenvalue weighted by molar-refractivity contribution is -0.140. The second-order valence-electron chi connectivity index (χ2n) is 7.03. The number of carbonyl (C=O) groups is 2. The summed E-state index contributed by atoms with van der Waals surface area (Å²) in [6, 6.07) is 7.64. The molecule has 7 heteroatoms. The van der Waals surface area contributed by atoms with Crippen molar-refractivity contribution in [2.24, 2.45) is 11.7 Å². The normalized spacial score (nSPS) is 23.2. The van der Waals surface area contributed by atoms with Crippen LogP contribution >= 0.6 is 0 Å². The van der Waals surface area contributed by atoms with E-state index in [4.69, 9.17) is 5.73 Å². The van der Waals surface area contributed by atoms with Crippen molar-refractivity contribution in [2.45, 2.75) is 25.3 Å². The van der Waals surface area contributed by atoms with Crippen LogP contribution in [-0.4, -0.2) is 63.8 Å². The zero-order chi connectivity index (χ0) is 18.1. The average Bonchev–Trinajstić information content (AvgIpc) is 2.69. The Hall–Kier alpha value is -2.54. The van der Waals surface area contributed by atoms with Crippen LogP contribution in [0, 0.1) is 5.92 Å². The number of piperidine rings is 2. The van der Waals surface area contributed by atoms with Crippen LogP contribution in [0.15, 0.2) is 30.5 Å². The molecule has 136 valence electrons. The average molecular weight is 353 g/mol. The highest BCUT2D eigenvalue weighted by Gasteiger charge is 2.40. The highest BCUT2D eigenvalue weighted by Crippen LogP contribution is 2.31. The van der Waals surface area contributed by atoms with Gasteiger partial charge in [0.15, 0.2) is 5.65 Å². The molecule has 0 aromatic carbocycles. The number of fused-ring (bicyclic) bond motifs is 2. The zero-order valence-corrected chi connectivity index (χ0v) is 14.7. The highest BCUT2D eigenvalue weighted by atomic mass is 16.2. The van der Waals surface area contributed by atoms with E-state index in [-0.39, 0.29) is 17.9 Å². The van der Waals surface area contributed by atoms with Crippen molar-refractivity contribution in [3.8, 4) is 0 Å². The van der Waals surface area contributed by atoms with E-state index in [1.165, 1.54) is 0 Å². The van der Waals surface area contributed by atoms with Gasteiger partial charge in [0.05, 0.1) is 0 Å². The number of pyridine rings is 2. The van der Waals surface area contributed by atoms with Crippen molar-refractivity contribution in [1.29, 1.82) is 0 Å². The Bertz CT molecular complexity index is 840. The van der Waals surface area contributed by atoms with Gasteiger partial charge in [-0.15, -0.1) is 0 Å². The first-order valence-corrected chi connectivity index (χ1v) is 9.18. The summed E-state index contributed by atoms with van der Waals surface area (Å²) in [7, 11) is 0. The number of nitrogens with zero attached hydrogens (tertiary/aromatic N) is 4. The van der Waals surface area contributed by atoms with Crippen LogP contribution in [0.4, 0.5) is 0 Å². The largest absolute Gasteiger partial charge is 0.338 e. The van der Waals surface area contributed by atoms with Crippen LogP contribution < -0.4 is 5.73 Å². The Kier molecular flexibility index (Phi) is 4.55. The monoisotopic (exact) mass is 353 g/mol. The number of likely N-dealkylation sites (tertiary alicyclic amines) is 2. The number of aromatic nitrogens is 2. The van der Waals surface area contributed by atoms with E-state index in [1.54, 1.807) is 12.3 Å². The fourth-order valence-electron chi connectivity index (χ4n) is 4.20. The minimum atomic E-state index is -0.0572. The summed E-state index contributed by atoms with van der Waals surface area (Å²) < 4.78 is 0. The van der Waals surface area contributed by atoms with Gasteiger partial charge in [-0.1, -0.05) is 0 Å². The summed E-state index contributed by atoms with van der Waals surface area (Å²) in [4.78, 5) is 37.6. The van der Waals surface area contributed by atoms with Gasteiger partial charge in [-0.2, -0.15) is 0 Å². The molecule has 0 unspecified atom stereocenters. The molecule has 2 aromatic heterocycles. The fourth-order valence-corrected chi connectivity index (χ4v) is 4.20. The molecule has 7 nitrogen and oxygen atoms in total. The Morgan fingerprint density at radius 1 is 1.27 bits per heavy atom. The molecule has 2 aliphatic rings. The van der Waals surface area contributed by atoms with E-state index < -0.39 is 0 Å². The minimum Gasteiger partial charge on any atom is -0.338 e. The maximum Gasteiger partial charge on any atom is 0.272 e. The predicted octanol–water partition coefficient (Wildman–Crippen LogP) is 1.04. The fraction of sp³-hybridized carbons (Fsp3) is 0.474. The third-order valence-electron chi connectivity index (χ3n) is 5.48. The second-order valence-corrected chi connectivity index (χ2v) is 7.03. The molecule has 2 amide bonds. The molecule has 2 aromatic rings. The maximum atomic E-state index is 12.9. The molecule has 2 atom stereocenters. The Morgan fingerprint density at radius 2 is 2.15 bits per heavy atom. The van der Waals surface area contributed by atoms with Crippen molar-refractivity contribution in [3.63, 3.8) is 0 Å². The Balaban J connectivity index is 1.50. The van der Waals surface area contributed by atoms with E-state index in [0.717, 1.165) is 18.2 Å². The van der Waals surface area contributed by atoms with Crippen molar-refractivity contribution >= 4 is 22.8 Å². The standard InChI is InChI=1S/C19H23N5O2/c20-8-11-24-16-7-10-23(12-14(16)4-6-17(24)25)19(26)15-5-3-13-2-1-9-21-18(13)22-15/h1-3,5,9,14,16H,4,6-8,10-12,20H2/t14-,16+/m0/s1. The minimum absolute atomic E-state index is 0.0572. The molecule has 0 saturated carbocycles. The van der Waals surface area contributed by atoms with Gasteiger partial charge < -0.3 is 15.5 Å². The van der Waals surface area contributed by atoms with Gasteiger partial charge >= 0.3 is 0 Å². The van der Waals surface area contributed by atoms with Crippen molar-refractivity contribution in [3.05, 3.63) is 36.2 Å². The SMILES string of the molecule is NCCN1C(=O)CC[C@H]2CN(C(=O)c3ccc4cccnc4n3)CC[C@H]21. The third kappa shape index (κ3) is 3.03. The summed E-state index contributed by atoms with van der Waals surface area (Å²) in [5.74, 6) is 0.451. The van der Waals surface area contributed by atoms with Gasteiger partial charge in [0.1, 0.15) is 5.69 Å². The summed E-state index contributed by atoms with van der Waals surface area (Å²) >= 11 is 0. The van der Waals surface area contributed by atoms with Gasteiger partial charge in [-0.3, -0.25) is 9.59 Å². The molecular weight excluding hydrogens is 330 g/mol. The van der Waals surface area contributed by atoms with Crippen LogP contribution in [0.5, 0.6) is 0 Å². The quantitative estimate of drug-likeness (QED) is 0.890. The number of amides is 2. The second kappa shape index (κ2) is 6.99. The maximum absolute atomic E-state index is 12.9. The van der Waals surface area contributed by atoms with E-state index in [0.29, 0.717) is 49.9 Å². The first-order chi connectivity index (χ1) is 12.7. The lowest BCUT2D eigenvalue weighted by Crippen LogP contribution is -2.57. The summed E-state index contributed by atoms with van der Waals surface area (Å²) in [5, 5.41) is 0.922. The van der Waals surface area contributed by atoms with Crippen LogP contribution in [0.2, 0.25) is 0 Å². The zero-order valence-electron chi connectivity index (χ0n) is 14.7. The summed E-state index contributed by atoms with van der Waals surface area (Å²) in [6.45, 7) is 2.38. The lowest BCUT2D eigenvalue weighted by atomic mass is 9.83. The number of hydrogen-bond donors (Lipinski definition) is 1. The molecular formula is C19H23N5O2. The molecule has 26 heavy (non-hydrogen) atoms. The van der Waals surface area contributed by atoms with E-state index >= 15 is 0 Å². The van der Waals surface area contributed by atoms with Crippen LogP contribution in [0.25, 0.3) is 11.0 Å². The number of hydrogen-bond acceptors (Lipinski definition) is 5. The molecule has 2 fully saturated rings. The molecule has 0 radical (unpaired) electrons. The van der Waals surface area contributed by atoms with Gasteiger partial charge in [-0.25, -0.2) is 9.97 Å². The van der Waals surface area contributed by atoms with Crippen molar-refractivity contribution in [1.82, 2.24) is 19.8 Å². The smallest absolute Gasteiger partial charge is 0.272 e. The van der Waals surface area contributed by atoms with Gasteiger partial charge in [0, 0.05) is 50.2 Å². The van der Waals surface area contributed by atoms with Crippen molar-refractivity contribution < 1.29 is 9.59 Å². The van der Waals surface area contributed by atoms with E-state index in [2.05, 4.69) is 9.97 Å². The molecule has 2 aliphatic heterocycles. The number of rotatable bonds is 3. The number of carbonyl (C=O) groups excluding carboxylic acids is 2.